The molecule has 0 radical (unpaired) electrons. The number of nitrogens with zero attached hydrogens (tertiary/aromatic N) is 1. The first-order valence-corrected chi connectivity index (χ1v) is 6.07. The molecule has 2 rings (SSSR count). The summed E-state index contributed by atoms with van der Waals surface area (Å²) in [6.45, 7) is 0.195. The number of rotatable bonds is 3. The van der Waals surface area contributed by atoms with Crippen LogP contribution in [0.3, 0.4) is 0 Å². The number of aliphatic hydroxyl groups excluding tert-OH is 2. The van der Waals surface area contributed by atoms with Gasteiger partial charge in [-0.15, -0.1) is 0 Å². The minimum Gasteiger partial charge on any atom is -0.477 e. The lowest BCUT2D eigenvalue weighted by Crippen LogP contribution is -2.59. The predicted molar refractivity (Wildman–Crippen MR) is 67.1 cm³/mol. The van der Waals surface area contributed by atoms with E-state index in [4.69, 9.17) is 14.9 Å². The molecule has 11 nitrogen and oxygen atoms in total. The van der Waals surface area contributed by atoms with E-state index in [1.165, 1.54) is 0 Å². The standard InChI is InChI=1S/C11H14N2O9/c1-10(11(20,21)6(15)5(3-14)22-10)13-2-4(8(17)18)7(16)12-9(13)19/h2,5-6,14-15,20-21H,3H2,1H3,(H,17,18)(H,12,16,19)/t5-,6-,10-/m1/s1. The van der Waals surface area contributed by atoms with Crippen molar-refractivity contribution in [3.05, 3.63) is 32.6 Å². The molecule has 22 heavy (non-hydrogen) atoms. The first-order chi connectivity index (χ1) is 10.1. The van der Waals surface area contributed by atoms with Crippen LogP contribution in [0.1, 0.15) is 17.3 Å². The molecular formula is C11H14N2O9. The Morgan fingerprint density at radius 3 is 2.50 bits per heavy atom. The van der Waals surface area contributed by atoms with E-state index in [9.17, 15) is 29.7 Å². The van der Waals surface area contributed by atoms with Gasteiger partial charge in [-0.05, 0) is 6.92 Å². The molecule has 2 heterocycles. The summed E-state index contributed by atoms with van der Waals surface area (Å²) in [5.41, 5.74) is -5.56. The molecule has 0 saturated carbocycles. The number of carbonyl (C=O) groups is 1. The highest BCUT2D eigenvalue weighted by atomic mass is 16.6. The molecule has 1 aliphatic rings. The molecule has 1 fully saturated rings. The fraction of sp³-hybridized carbons (Fsp3) is 0.545. The van der Waals surface area contributed by atoms with E-state index < -0.39 is 53.1 Å². The Balaban J connectivity index is 2.70. The molecule has 6 N–H and O–H groups in total. The van der Waals surface area contributed by atoms with E-state index in [2.05, 4.69) is 0 Å². The first kappa shape index (κ1) is 16.3. The summed E-state index contributed by atoms with van der Waals surface area (Å²) in [4.78, 5) is 35.9. The molecule has 1 aromatic heterocycles. The molecular weight excluding hydrogens is 304 g/mol. The molecule has 3 atom stereocenters. The van der Waals surface area contributed by atoms with Gasteiger partial charge in [-0.2, -0.15) is 0 Å². The lowest BCUT2D eigenvalue weighted by Gasteiger charge is -2.35. The fourth-order valence-electron chi connectivity index (χ4n) is 2.29. The highest BCUT2D eigenvalue weighted by Gasteiger charge is 2.64. The van der Waals surface area contributed by atoms with E-state index in [1.54, 1.807) is 4.98 Å². The number of aromatic amines is 1. The molecule has 0 unspecified atom stereocenters. The Labute approximate surface area is 121 Å². The van der Waals surface area contributed by atoms with Gasteiger partial charge in [-0.3, -0.25) is 14.3 Å². The van der Waals surface area contributed by atoms with Crippen LogP contribution in [0.25, 0.3) is 0 Å². The van der Waals surface area contributed by atoms with Crippen LogP contribution in [0.4, 0.5) is 0 Å². The Morgan fingerprint density at radius 2 is 2.05 bits per heavy atom. The average molecular weight is 318 g/mol. The SMILES string of the molecule is C[C@@]1(n2cc(C(=O)O)c(=O)[nH]c2=O)O[C@H](CO)[C@@H](O)C1(O)O. The van der Waals surface area contributed by atoms with Crippen molar-refractivity contribution in [3.63, 3.8) is 0 Å². The summed E-state index contributed by atoms with van der Waals surface area (Å²) in [5.74, 6) is -4.68. The van der Waals surface area contributed by atoms with Gasteiger partial charge in [0.2, 0.25) is 11.5 Å². The number of ether oxygens (including phenoxy) is 1. The van der Waals surface area contributed by atoms with Gasteiger partial charge in [-0.25, -0.2) is 9.59 Å². The van der Waals surface area contributed by atoms with Gasteiger partial charge < -0.3 is 30.3 Å². The number of aliphatic hydroxyl groups is 4. The number of hydrogen-bond acceptors (Lipinski definition) is 8. The van der Waals surface area contributed by atoms with Crippen molar-refractivity contribution >= 4 is 5.97 Å². The lowest BCUT2D eigenvalue weighted by atomic mass is 9.99. The number of carboxylic acid groups (broad SMARTS) is 1. The minimum atomic E-state index is -3.03. The van der Waals surface area contributed by atoms with E-state index in [1.807, 2.05) is 0 Å². The summed E-state index contributed by atoms with van der Waals surface area (Å²) in [6.07, 6.45) is -2.85. The number of nitrogens with one attached hydrogen (secondary N) is 1. The van der Waals surface area contributed by atoms with Crippen LogP contribution < -0.4 is 11.2 Å². The van der Waals surface area contributed by atoms with Crippen LogP contribution >= 0.6 is 0 Å². The maximum absolute atomic E-state index is 11.9. The Kier molecular flexibility index (Phi) is 3.71. The number of hydrogen-bond donors (Lipinski definition) is 6. The van der Waals surface area contributed by atoms with E-state index in [0.29, 0.717) is 10.8 Å². The molecule has 0 aromatic carbocycles. The lowest BCUT2D eigenvalue weighted by molar-refractivity contribution is -0.295. The van der Waals surface area contributed by atoms with Crippen LogP contribution in [0.5, 0.6) is 0 Å². The zero-order valence-corrected chi connectivity index (χ0v) is 11.3. The van der Waals surface area contributed by atoms with Crippen LogP contribution in [0, 0.1) is 0 Å². The van der Waals surface area contributed by atoms with Crippen LogP contribution in [0.15, 0.2) is 15.8 Å². The number of H-pyrrole nitrogens is 1. The van der Waals surface area contributed by atoms with Gasteiger partial charge in [0.15, 0.2) is 0 Å². The zero-order chi connectivity index (χ0) is 16.9. The van der Waals surface area contributed by atoms with Gasteiger partial charge in [-0.1, -0.05) is 0 Å². The average Bonchev–Trinajstić information content (AvgIpc) is 2.59. The third-order valence-corrected chi connectivity index (χ3v) is 3.64. The quantitative estimate of drug-likeness (QED) is 0.306. The van der Waals surface area contributed by atoms with Crippen molar-refractivity contribution in [1.82, 2.24) is 9.55 Å². The molecule has 1 aromatic rings. The molecule has 0 amide bonds. The Morgan fingerprint density at radius 1 is 1.45 bits per heavy atom. The minimum absolute atomic E-state index is 0.427. The van der Waals surface area contributed by atoms with E-state index in [0.717, 1.165) is 6.92 Å². The van der Waals surface area contributed by atoms with Gasteiger partial charge in [0.05, 0.1) is 6.61 Å². The second kappa shape index (κ2) is 5.00. The van der Waals surface area contributed by atoms with E-state index >= 15 is 0 Å². The van der Waals surface area contributed by atoms with Gasteiger partial charge in [0, 0.05) is 6.20 Å². The second-order valence-corrected chi connectivity index (χ2v) is 4.97. The smallest absolute Gasteiger partial charge is 0.342 e. The van der Waals surface area contributed by atoms with Gasteiger partial charge >= 0.3 is 11.7 Å². The van der Waals surface area contributed by atoms with Crippen LogP contribution in [0.2, 0.25) is 0 Å². The zero-order valence-electron chi connectivity index (χ0n) is 11.3. The van der Waals surface area contributed by atoms with Crippen molar-refractivity contribution in [3.8, 4) is 0 Å². The second-order valence-electron chi connectivity index (χ2n) is 4.97. The van der Waals surface area contributed by atoms with Crippen LogP contribution in [-0.4, -0.2) is 65.7 Å². The molecule has 122 valence electrons. The van der Waals surface area contributed by atoms with Crippen molar-refractivity contribution in [2.75, 3.05) is 6.61 Å². The van der Waals surface area contributed by atoms with Crippen molar-refractivity contribution in [2.24, 2.45) is 0 Å². The molecule has 0 spiro atoms. The van der Waals surface area contributed by atoms with Crippen molar-refractivity contribution in [2.45, 2.75) is 30.6 Å². The number of aromatic carboxylic acids is 1. The molecule has 1 saturated heterocycles. The largest absolute Gasteiger partial charge is 0.477 e. The van der Waals surface area contributed by atoms with Crippen molar-refractivity contribution in [1.29, 1.82) is 0 Å². The number of aromatic nitrogens is 2. The Hall–Kier alpha value is -2.05. The summed E-state index contributed by atoms with van der Waals surface area (Å²) in [6, 6.07) is 0. The highest BCUT2D eigenvalue weighted by molar-refractivity contribution is 5.86. The summed E-state index contributed by atoms with van der Waals surface area (Å²) in [7, 11) is 0. The molecule has 0 bridgehead atoms. The van der Waals surface area contributed by atoms with Crippen LogP contribution in [-0.2, 0) is 10.5 Å². The third kappa shape index (κ3) is 2.07. The number of carboxylic acids is 1. The third-order valence-electron chi connectivity index (χ3n) is 3.64. The monoisotopic (exact) mass is 318 g/mol. The topological polar surface area (TPSA) is 182 Å². The molecule has 11 heteroatoms. The van der Waals surface area contributed by atoms with Gasteiger partial charge in [0.1, 0.15) is 17.8 Å². The molecule has 0 aliphatic carbocycles. The fourth-order valence-corrected chi connectivity index (χ4v) is 2.29. The normalized spacial score (nSPS) is 30.4. The highest BCUT2D eigenvalue weighted by Crippen LogP contribution is 2.40. The van der Waals surface area contributed by atoms with Gasteiger partial charge in [0.25, 0.3) is 5.56 Å². The van der Waals surface area contributed by atoms with Crippen molar-refractivity contribution < 1.29 is 35.1 Å². The maximum atomic E-state index is 11.9. The predicted octanol–water partition coefficient (Wildman–Crippen LogP) is -3.66. The summed E-state index contributed by atoms with van der Waals surface area (Å²) >= 11 is 0. The molecule has 1 aliphatic heterocycles. The maximum Gasteiger partial charge on any atom is 0.342 e. The summed E-state index contributed by atoms with van der Waals surface area (Å²) in [5, 5.41) is 47.8. The first-order valence-electron chi connectivity index (χ1n) is 6.07. The Bertz CT molecular complexity index is 721. The summed E-state index contributed by atoms with van der Waals surface area (Å²) < 4.78 is 5.54. The van der Waals surface area contributed by atoms with E-state index in [-0.39, 0.29) is 0 Å².